The minimum atomic E-state index is 0.401. The maximum Gasteiger partial charge on any atom is 0.0110 e. The third-order valence-electron chi connectivity index (χ3n) is 3.98. The van der Waals surface area contributed by atoms with E-state index in [0.29, 0.717) is 17.9 Å². The van der Waals surface area contributed by atoms with Crippen LogP contribution in [-0.2, 0) is 0 Å². The van der Waals surface area contributed by atoms with Gasteiger partial charge in [0.05, 0.1) is 0 Å². The van der Waals surface area contributed by atoms with Crippen molar-refractivity contribution >= 4 is 0 Å². The zero-order valence-corrected chi connectivity index (χ0v) is 10.6. The summed E-state index contributed by atoms with van der Waals surface area (Å²) in [6.45, 7) is 5.66. The van der Waals surface area contributed by atoms with E-state index in [-0.39, 0.29) is 0 Å². The minimum Gasteiger partial charge on any atom is -0.327 e. The minimum absolute atomic E-state index is 0.401. The monoisotopic (exact) mass is 212 g/mol. The standard InChI is InChI=1S/C13H28N2/c1-10(2)12(9-15-3)13(14)11-7-5-4-6-8-11/h10-13,15H,4-9,14H2,1-3H3. The highest BCUT2D eigenvalue weighted by atomic mass is 14.8. The molecule has 1 rings (SSSR count). The summed E-state index contributed by atoms with van der Waals surface area (Å²) >= 11 is 0. The van der Waals surface area contributed by atoms with E-state index in [1.165, 1.54) is 32.1 Å². The van der Waals surface area contributed by atoms with Gasteiger partial charge in [0.1, 0.15) is 0 Å². The zero-order valence-electron chi connectivity index (χ0n) is 10.6. The normalized spacial score (nSPS) is 23.0. The summed E-state index contributed by atoms with van der Waals surface area (Å²) in [7, 11) is 2.03. The molecule has 0 aromatic carbocycles. The molecule has 1 aliphatic carbocycles. The Morgan fingerprint density at radius 3 is 2.27 bits per heavy atom. The largest absolute Gasteiger partial charge is 0.327 e. The van der Waals surface area contributed by atoms with Crippen LogP contribution < -0.4 is 11.1 Å². The first-order chi connectivity index (χ1) is 7.16. The van der Waals surface area contributed by atoms with Crippen LogP contribution in [0.25, 0.3) is 0 Å². The van der Waals surface area contributed by atoms with Crippen LogP contribution in [-0.4, -0.2) is 19.6 Å². The molecule has 2 nitrogen and oxygen atoms in total. The van der Waals surface area contributed by atoms with Crippen molar-refractivity contribution in [3.05, 3.63) is 0 Å². The van der Waals surface area contributed by atoms with Crippen LogP contribution in [0.5, 0.6) is 0 Å². The van der Waals surface area contributed by atoms with Crippen molar-refractivity contribution in [2.45, 2.75) is 52.0 Å². The molecule has 1 fully saturated rings. The Balaban J connectivity index is 2.49. The van der Waals surface area contributed by atoms with Gasteiger partial charge < -0.3 is 11.1 Å². The van der Waals surface area contributed by atoms with E-state index in [1.807, 2.05) is 7.05 Å². The summed E-state index contributed by atoms with van der Waals surface area (Å²) in [5.74, 6) is 2.10. The lowest BCUT2D eigenvalue weighted by molar-refractivity contribution is 0.203. The van der Waals surface area contributed by atoms with Crippen molar-refractivity contribution in [2.24, 2.45) is 23.5 Å². The molecular weight excluding hydrogens is 184 g/mol. The summed E-state index contributed by atoms with van der Waals surface area (Å²) in [5, 5.41) is 3.29. The van der Waals surface area contributed by atoms with E-state index in [2.05, 4.69) is 19.2 Å². The number of nitrogens with one attached hydrogen (secondary N) is 1. The molecule has 2 atom stereocenters. The van der Waals surface area contributed by atoms with Gasteiger partial charge in [-0.05, 0) is 44.2 Å². The molecule has 90 valence electrons. The third-order valence-corrected chi connectivity index (χ3v) is 3.98. The smallest absolute Gasteiger partial charge is 0.0110 e. The molecule has 0 heterocycles. The van der Waals surface area contributed by atoms with E-state index >= 15 is 0 Å². The van der Waals surface area contributed by atoms with Gasteiger partial charge in [-0.15, -0.1) is 0 Å². The first-order valence-electron chi connectivity index (χ1n) is 6.57. The summed E-state index contributed by atoms with van der Waals surface area (Å²) < 4.78 is 0. The van der Waals surface area contributed by atoms with Gasteiger partial charge in [-0.25, -0.2) is 0 Å². The molecule has 0 bridgehead atoms. The fourth-order valence-corrected chi connectivity index (χ4v) is 2.92. The molecule has 0 aromatic heterocycles. The third kappa shape index (κ3) is 3.76. The Hall–Kier alpha value is -0.0800. The van der Waals surface area contributed by atoms with E-state index in [1.54, 1.807) is 0 Å². The predicted molar refractivity (Wildman–Crippen MR) is 66.8 cm³/mol. The van der Waals surface area contributed by atoms with Crippen LogP contribution in [0.2, 0.25) is 0 Å². The molecule has 1 aliphatic rings. The van der Waals surface area contributed by atoms with E-state index in [0.717, 1.165) is 12.5 Å². The van der Waals surface area contributed by atoms with Crippen molar-refractivity contribution in [2.75, 3.05) is 13.6 Å². The lowest BCUT2D eigenvalue weighted by atomic mass is 9.75. The van der Waals surface area contributed by atoms with Crippen molar-refractivity contribution in [3.63, 3.8) is 0 Å². The van der Waals surface area contributed by atoms with Crippen LogP contribution in [0.3, 0.4) is 0 Å². The van der Waals surface area contributed by atoms with Crippen LogP contribution in [0, 0.1) is 17.8 Å². The summed E-state index contributed by atoms with van der Waals surface area (Å²) in [5.41, 5.74) is 6.44. The lowest BCUT2D eigenvalue weighted by Gasteiger charge is -2.35. The van der Waals surface area contributed by atoms with Crippen molar-refractivity contribution in [1.82, 2.24) is 5.32 Å². The second kappa shape index (κ2) is 6.49. The Morgan fingerprint density at radius 1 is 1.20 bits per heavy atom. The van der Waals surface area contributed by atoms with Crippen LogP contribution >= 0.6 is 0 Å². The van der Waals surface area contributed by atoms with Crippen LogP contribution in [0.4, 0.5) is 0 Å². The molecule has 0 radical (unpaired) electrons. The van der Waals surface area contributed by atoms with Gasteiger partial charge in [-0.3, -0.25) is 0 Å². The van der Waals surface area contributed by atoms with Gasteiger partial charge in [0, 0.05) is 6.04 Å². The fraction of sp³-hybridized carbons (Fsp3) is 1.00. The van der Waals surface area contributed by atoms with Gasteiger partial charge in [0.15, 0.2) is 0 Å². The van der Waals surface area contributed by atoms with Gasteiger partial charge in [-0.2, -0.15) is 0 Å². The molecule has 15 heavy (non-hydrogen) atoms. The van der Waals surface area contributed by atoms with Crippen molar-refractivity contribution < 1.29 is 0 Å². The van der Waals surface area contributed by atoms with Gasteiger partial charge >= 0.3 is 0 Å². The quantitative estimate of drug-likeness (QED) is 0.734. The molecule has 0 aliphatic heterocycles. The Kier molecular flexibility index (Phi) is 5.62. The molecule has 2 heteroatoms. The zero-order chi connectivity index (χ0) is 11.3. The molecule has 0 saturated heterocycles. The average Bonchev–Trinajstić information content (AvgIpc) is 2.26. The van der Waals surface area contributed by atoms with Crippen LogP contribution in [0.1, 0.15) is 46.0 Å². The Labute approximate surface area is 95.0 Å². The summed E-state index contributed by atoms with van der Waals surface area (Å²) in [4.78, 5) is 0. The molecule has 1 saturated carbocycles. The molecule has 2 unspecified atom stereocenters. The molecule has 0 amide bonds. The second-order valence-electron chi connectivity index (χ2n) is 5.44. The number of rotatable bonds is 5. The van der Waals surface area contributed by atoms with Gasteiger partial charge in [0.25, 0.3) is 0 Å². The number of hydrogen-bond donors (Lipinski definition) is 2. The number of nitrogens with two attached hydrogens (primary N) is 1. The fourth-order valence-electron chi connectivity index (χ4n) is 2.92. The highest BCUT2D eigenvalue weighted by Gasteiger charge is 2.28. The maximum absolute atomic E-state index is 6.44. The maximum atomic E-state index is 6.44. The highest BCUT2D eigenvalue weighted by Crippen LogP contribution is 2.30. The van der Waals surface area contributed by atoms with Gasteiger partial charge in [0.2, 0.25) is 0 Å². The van der Waals surface area contributed by atoms with Crippen LogP contribution in [0.15, 0.2) is 0 Å². The van der Waals surface area contributed by atoms with Gasteiger partial charge in [-0.1, -0.05) is 33.1 Å². The average molecular weight is 212 g/mol. The topological polar surface area (TPSA) is 38.0 Å². The SMILES string of the molecule is CNCC(C(C)C)C(N)C1CCCCC1. The van der Waals surface area contributed by atoms with Crippen molar-refractivity contribution in [1.29, 1.82) is 0 Å². The summed E-state index contributed by atoms with van der Waals surface area (Å²) in [6.07, 6.45) is 6.91. The van der Waals surface area contributed by atoms with E-state index in [9.17, 15) is 0 Å². The first kappa shape index (κ1) is 13.0. The van der Waals surface area contributed by atoms with E-state index in [4.69, 9.17) is 5.73 Å². The summed E-state index contributed by atoms with van der Waals surface area (Å²) in [6, 6.07) is 0.401. The number of hydrogen-bond acceptors (Lipinski definition) is 2. The highest BCUT2D eigenvalue weighted by molar-refractivity contribution is 4.84. The molecule has 0 aromatic rings. The molecule has 0 spiro atoms. The lowest BCUT2D eigenvalue weighted by Crippen LogP contribution is -2.44. The second-order valence-corrected chi connectivity index (χ2v) is 5.44. The predicted octanol–water partition coefficient (Wildman–Crippen LogP) is 2.39. The molecule has 3 N–H and O–H groups in total. The van der Waals surface area contributed by atoms with Crippen molar-refractivity contribution in [3.8, 4) is 0 Å². The molecular formula is C13H28N2. The Morgan fingerprint density at radius 2 is 1.80 bits per heavy atom. The first-order valence-corrected chi connectivity index (χ1v) is 6.57. The van der Waals surface area contributed by atoms with E-state index < -0.39 is 0 Å². The Bertz CT molecular complexity index is 162.